The van der Waals surface area contributed by atoms with Crippen LogP contribution in [0.4, 0.5) is 0 Å². The number of nitriles is 1. The van der Waals surface area contributed by atoms with Crippen LogP contribution in [0.1, 0.15) is 6.42 Å². The molecule has 0 saturated heterocycles. The fourth-order valence-corrected chi connectivity index (χ4v) is 1.63. The summed E-state index contributed by atoms with van der Waals surface area (Å²) in [7, 11) is 0. The number of benzene rings is 1. The third-order valence-corrected chi connectivity index (χ3v) is 2.44. The number of halogens is 1. The lowest BCUT2D eigenvalue weighted by molar-refractivity contribution is 0.0942. The molecular formula is C10H8BrNO2. The van der Waals surface area contributed by atoms with E-state index in [2.05, 4.69) is 22.0 Å². The van der Waals surface area contributed by atoms with Crippen LogP contribution in [0.3, 0.4) is 0 Å². The maximum Gasteiger partial charge on any atom is 0.162 e. The van der Waals surface area contributed by atoms with Gasteiger partial charge in [-0.05, 0) is 18.2 Å². The molecule has 0 aromatic heterocycles. The number of ether oxygens (including phenoxy) is 2. The summed E-state index contributed by atoms with van der Waals surface area (Å²) in [6, 6.07) is 7.66. The van der Waals surface area contributed by atoms with E-state index in [1.165, 1.54) is 0 Å². The molecular weight excluding hydrogens is 246 g/mol. The Bertz CT molecular complexity index is 386. The Hall–Kier alpha value is -1.21. The maximum absolute atomic E-state index is 8.53. The van der Waals surface area contributed by atoms with Crippen LogP contribution in [0.15, 0.2) is 22.7 Å². The minimum absolute atomic E-state index is 0.151. The van der Waals surface area contributed by atoms with Crippen LogP contribution < -0.4 is 9.47 Å². The monoisotopic (exact) mass is 253 g/mol. The van der Waals surface area contributed by atoms with Crippen LogP contribution in [0.5, 0.6) is 11.5 Å². The van der Waals surface area contributed by atoms with Crippen LogP contribution in [-0.4, -0.2) is 12.7 Å². The Kier molecular flexibility index (Phi) is 2.60. The normalized spacial score (nSPS) is 18.7. The molecule has 14 heavy (non-hydrogen) atoms. The first-order valence-electron chi connectivity index (χ1n) is 4.25. The van der Waals surface area contributed by atoms with Crippen LogP contribution in [0, 0.1) is 11.3 Å². The van der Waals surface area contributed by atoms with E-state index in [-0.39, 0.29) is 6.10 Å². The molecule has 1 aromatic carbocycles. The summed E-state index contributed by atoms with van der Waals surface area (Å²) < 4.78 is 12.0. The van der Waals surface area contributed by atoms with Crippen molar-refractivity contribution in [2.24, 2.45) is 0 Å². The molecule has 0 fully saturated rings. The summed E-state index contributed by atoms with van der Waals surface area (Å²) in [5.41, 5.74) is 0. The SMILES string of the molecule is N#CCC1COc2ccc(Br)cc2O1. The molecule has 0 aliphatic carbocycles. The zero-order valence-corrected chi connectivity index (χ0v) is 8.95. The topological polar surface area (TPSA) is 42.2 Å². The predicted molar refractivity (Wildman–Crippen MR) is 54.3 cm³/mol. The third kappa shape index (κ3) is 1.83. The molecule has 1 aliphatic heterocycles. The summed E-state index contributed by atoms with van der Waals surface area (Å²) >= 11 is 3.35. The Labute approximate surface area is 90.4 Å². The lowest BCUT2D eigenvalue weighted by atomic mass is 10.2. The van der Waals surface area contributed by atoms with Gasteiger partial charge in [0.05, 0.1) is 12.5 Å². The average molecular weight is 254 g/mol. The van der Waals surface area contributed by atoms with Crippen LogP contribution >= 0.6 is 15.9 Å². The summed E-state index contributed by atoms with van der Waals surface area (Å²) in [5.74, 6) is 1.44. The highest BCUT2D eigenvalue weighted by Crippen LogP contribution is 2.34. The van der Waals surface area contributed by atoms with Crippen molar-refractivity contribution >= 4 is 15.9 Å². The molecule has 0 radical (unpaired) electrons. The molecule has 2 rings (SSSR count). The minimum Gasteiger partial charge on any atom is -0.486 e. The van der Waals surface area contributed by atoms with Crippen molar-refractivity contribution < 1.29 is 9.47 Å². The van der Waals surface area contributed by atoms with Gasteiger partial charge in [0.25, 0.3) is 0 Å². The summed E-state index contributed by atoms with van der Waals surface area (Å²) in [6.45, 7) is 0.447. The first-order chi connectivity index (χ1) is 6.79. The van der Waals surface area contributed by atoms with Gasteiger partial charge in [-0.1, -0.05) is 15.9 Å². The fourth-order valence-electron chi connectivity index (χ4n) is 1.29. The number of hydrogen-bond donors (Lipinski definition) is 0. The van der Waals surface area contributed by atoms with Crippen LogP contribution in [-0.2, 0) is 0 Å². The van der Waals surface area contributed by atoms with Gasteiger partial charge in [-0.25, -0.2) is 0 Å². The average Bonchev–Trinajstić information content (AvgIpc) is 2.17. The first-order valence-corrected chi connectivity index (χ1v) is 5.05. The van der Waals surface area contributed by atoms with Crippen molar-refractivity contribution in [1.29, 1.82) is 5.26 Å². The molecule has 0 saturated carbocycles. The summed E-state index contributed by atoms with van der Waals surface area (Å²) in [4.78, 5) is 0. The highest BCUT2D eigenvalue weighted by Gasteiger charge is 2.20. The van der Waals surface area contributed by atoms with Crippen molar-refractivity contribution in [1.82, 2.24) is 0 Å². The minimum atomic E-state index is -0.151. The predicted octanol–water partition coefficient (Wildman–Crippen LogP) is 2.50. The van der Waals surface area contributed by atoms with E-state index in [1.807, 2.05) is 18.2 Å². The van der Waals surface area contributed by atoms with Crippen molar-refractivity contribution in [2.45, 2.75) is 12.5 Å². The number of nitrogens with zero attached hydrogens (tertiary/aromatic N) is 1. The van der Waals surface area contributed by atoms with Crippen molar-refractivity contribution in [3.8, 4) is 17.6 Å². The second-order valence-electron chi connectivity index (χ2n) is 3.00. The summed E-state index contributed by atoms with van der Waals surface area (Å²) in [5, 5.41) is 8.53. The van der Waals surface area contributed by atoms with E-state index < -0.39 is 0 Å². The van der Waals surface area contributed by atoms with Gasteiger partial charge in [-0.3, -0.25) is 0 Å². The standard InChI is InChI=1S/C10H8BrNO2/c11-7-1-2-9-10(5-7)14-8(3-4-12)6-13-9/h1-2,5,8H,3,6H2. The number of hydrogen-bond acceptors (Lipinski definition) is 3. The van der Waals surface area contributed by atoms with Gasteiger partial charge < -0.3 is 9.47 Å². The summed E-state index contributed by atoms with van der Waals surface area (Å²) in [6.07, 6.45) is 0.202. The third-order valence-electron chi connectivity index (χ3n) is 1.94. The second-order valence-corrected chi connectivity index (χ2v) is 3.92. The molecule has 0 N–H and O–H groups in total. The molecule has 1 aliphatic rings. The van der Waals surface area contributed by atoms with E-state index in [0.29, 0.717) is 18.8 Å². The van der Waals surface area contributed by atoms with E-state index in [9.17, 15) is 0 Å². The van der Waals surface area contributed by atoms with E-state index >= 15 is 0 Å². The largest absolute Gasteiger partial charge is 0.486 e. The highest BCUT2D eigenvalue weighted by molar-refractivity contribution is 9.10. The zero-order valence-electron chi connectivity index (χ0n) is 7.37. The molecule has 1 atom stereocenters. The van der Waals surface area contributed by atoms with E-state index in [0.717, 1.165) is 10.2 Å². The molecule has 1 aromatic rings. The van der Waals surface area contributed by atoms with E-state index in [4.69, 9.17) is 14.7 Å². The molecule has 1 unspecified atom stereocenters. The smallest absolute Gasteiger partial charge is 0.162 e. The van der Waals surface area contributed by atoms with Crippen LogP contribution in [0.2, 0.25) is 0 Å². The Morgan fingerprint density at radius 3 is 3.14 bits per heavy atom. The molecule has 3 nitrogen and oxygen atoms in total. The Balaban J connectivity index is 2.21. The quantitative estimate of drug-likeness (QED) is 0.773. The highest BCUT2D eigenvalue weighted by atomic mass is 79.9. The lowest BCUT2D eigenvalue weighted by Crippen LogP contribution is -2.28. The molecule has 4 heteroatoms. The van der Waals surface area contributed by atoms with Gasteiger partial charge >= 0.3 is 0 Å². The van der Waals surface area contributed by atoms with Gasteiger partial charge in [0.2, 0.25) is 0 Å². The Morgan fingerprint density at radius 2 is 2.36 bits per heavy atom. The molecule has 72 valence electrons. The number of rotatable bonds is 1. The van der Waals surface area contributed by atoms with E-state index in [1.54, 1.807) is 0 Å². The molecule has 0 bridgehead atoms. The molecule has 0 amide bonds. The number of fused-ring (bicyclic) bond motifs is 1. The fraction of sp³-hybridized carbons (Fsp3) is 0.300. The van der Waals surface area contributed by atoms with Gasteiger partial charge in [-0.15, -0.1) is 0 Å². The maximum atomic E-state index is 8.53. The van der Waals surface area contributed by atoms with Crippen molar-refractivity contribution in [3.05, 3.63) is 22.7 Å². The first kappa shape index (κ1) is 9.35. The Morgan fingerprint density at radius 1 is 1.50 bits per heavy atom. The lowest BCUT2D eigenvalue weighted by Gasteiger charge is -2.24. The zero-order chi connectivity index (χ0) is 9.97. The van der Waals surface area contributed by atoms with Crippen LogP contribution in [0.25, 0.3) is 0 Å². The second kappa shape index (κ2) is 3.89. The van der Waals surface area contributed by atoms with Crippen molar-refractivity contribution in [2.75, 3.05) is 6.61 Å². The molecule has 1 heterocycles. The van der Waals surface area contributed by atoms with Gasteiger partial charge in [0.15, 0.2) is 11.5 Å². The van der Waals surface area contributed by atoms with Gasteiger partial charge in [0, 0.05) is 4.47 Å². The molecule has 0 spiro atoms. The van der Waals surface area contributed by atoms with Crippen molar-refractivity contribution in [3.63, 3.8) is 0 Å². The van der Waals surface area contributed by atoms with Gasteiger partial charge in [0.1, 0.15) is 12.7 Å². The van der Waals surface area contributed by atoms with Gasteiger partial charge in [-0.2, -0.15) is 5.26 Å².